The number of aliphatic hydroxyl groups is 1. The Bertz CT molecular complexity index is 955. The van der Waals surface area contributed by atoms with Gasteiger partial charge in [-0.3, -0.25) is 14.2 Å². The van der Waals surface area contributed by atoms with E-state index in [0.717, 1.165) is 0 Å². The predicted molar refractivity (Wildman–Crippen MR) is 101 cm³/mol. The van der Waals surface area contributed by atoms with Gasteiger partial charge < -0.3 is 9.84 Å². The smallest absolute Gasteiger partial charge is 0.394 e. The largest absolute Gasteiger partial charge is 0.429 e. The van der Waals surface area contributed by atoms with Crippen LogP contribution in [0.4, 0.5) is 119 Å². The van der Waals surface area contributed by atoms with Crippen molar-refractivity contribution in [1.29, 1.82) is 0 Å². The Morgan fingerprint density at radius 1 is 0.353 bits per heavy atom. The van der Waals surface area contributed by atoms with Crippen molar-refractivity contribution in [3.8, 4) is 0 Å². The first-order valence-corrected chi connectivity index (χ1v) is 11.6. The molecule has 5 nitrogen and oxygen atoms in total. The molecular weight excluding hydrogens is 821 g/mol. The van der Waals surface area contributed by atoms with Crippen LogP contribution < -0.4 is 0 Å². The number of hydrogen-bond acceptors (Lipinski definition) is 5. The lowest BCUT2D eigenvalue weighted by Gasteiger charge is -2.52. The summed E-state index contributed by atoms with van der Waals surface area (Å²) in [6.07, 6.45) is -74.5. The fourth-order valence-corrected chi connectivity index (χ4v) is 3.33. The Balaban J connectivity index is 9.01. The highest BCUT2D eigenvalue weighted by Crippen LogP contribution is 2.66. The monoisotopic (exact) mass is 834 g/mol. The molecule has 0 bridgehead atoms. The van der Waals surface area contributed by atoms with E-state index < -0.39 is 117 Å². The summed E-state index contributed by atoms with van der Waals surface area (Å²) >= 11 is 0. The second-order valence-corrected chi connectivity index (χ2v) is 9.41. The van der Waals surface area contributed by atoms with E-state index in [1.165, 1.54) is 0 Å². The molecule has 0 fully saturated rings. The number of hydrogen-bond donors (Lipinski definition) is 1. The number of aliphatic hydroxyl groups excluding tert-OH is 1. The van der Waals surface area contributed by atoms with Crippen LogP contribution >= 0.6 is 0 Å². The zero-order chi connectivity index (χ0) is 41.6. The summed E-state index contributed by atoms with van der Waals surface area (Å²) < 4.78 is 382. The van der Waals surface area contributed by atoms with E-state index in [1.54, 1.807) is 14.2 Å². The number of rotatable bonds is 16. The van der Waals surface area contributed by atoms with E-state index in [2.05, 4.69) is 4.74 Å². The molecule has 0 aromatic rings. The molecule has 308 valence electrons. The van der Waals surface area contributed by atoms with Crippen molar-refractivity contribution in [2.45, 2.75) is 72.2 Å². The van der Waals surface area contributed by atoms with Crippen LogP contribution in [0.3, 0.4) is 0 Å². The zero-order valence-corrected chi connectivity index (χ0v) is 23.0. The van der Waals surface area contributed by atoms with Crippen molar-refractivity contribution in [3.05, 3.63) is 0 Å². The van der Waals surface area contributed by atoms with Crippen molar-refractivity contribution in [1.82, 2.24) is 0 Å². The van der Waals surface area contributed by atoms with Crippen molar-refractivity contribution in [2.75, 3.05) is 39.8 Å². The van der Waals surface area contributed by atoms with Crippen LogP contribution in [0.5, 0.6) is 0 Å². The molecule has 0 amide bonds. The number of ether oxygens (including phenoxy) is 4. The van der Waals surface area contributed by atoms with E-state index in [-0.39, 0.29) is 0 Å². The first kappa shape index (κ1) is 48.9. The standard InChI is InChI=1S/C19H13F27O5/c20-3-8(11(23,24)25,12(26,27)28)49-17(41,42)7(6-48-2-1-47,18(43,44)50-9(4-21,13(29,30)31)14(32,33)34)19(45,46)51-10(5-22,15(35,36)37)16(38,39)40/h47H,1-6H2. The van der Waals surface area contributed by atoms with Gasteiger partial charge in [0.25, 0.3) is 22.2 Å². The maximum absolute atomic E-state index is 15.5. The lowest BCUT2D eigenvalue weighted by atomic mass is 9.82. The van der Waals surface area contributed by atoms with Gasteiger partial charge in [0.15, 0.2) is 0 Å². The Morgan fingerprint density at radius 3 is 0.686 bits per heavy atom. The third-order valence-corrected chi connectivity index (χ3v) is 6.26. The summed E-state index contributed by atoms with van der Waals surface area (Å²) in [5.74, 6) is 0. The summed E-state index contributed by atoms with van der Waals surface area (Å²) in [4.78, 5) is 0. The Morgan fingerprint density at radius 2 is 0.549 bits per heavy atom. The van der Waals surface area contributed by atoms with E-state index >= 15 is 26.3 Å². The summed E-state index contributed by atoms with van der Waals surface area (Å²) in [6, 6.07) is 0. The SMILES string of the molecule is OCCOCC(C(F)(F)OC(CF)(C(F)(F)F)C(F)(F)F)(C(F)(F)OC(CF)(C(F)(F)F)C(F)(F)F)C(F)(F)OC(CF)(C(F)(F)F)C(F)(F)F. The van der Waals surface area contributed by atoms with Gasteiger partial charge in [0.1, 0.15) is 20.0 Å². The summed E-state index contributed by atoms with van der Waals surface area (Å²) in [6.45, 7) is -23.2. The van der Waals surface area contributed by atoms with Crippen molar-refractivity contribution in [2.24, 2.45) is 5.41 Å². The van der Waals surface area contributed by atoms with Crippen LogP contribution in [0.1, 0.15) is 0 Å². The minimum absolute atomic E-state index is 1.78. The van der Waals surface area contributed by atoms with Crippen molar-refractivity contribution in [3.63, 3.8) is 0 Å². The average molecular weight is 834 g/mol. The molecule has 0 heterocycles. The minimum Gasteiger partial charge on any atom is -0.394 e. The third-order valence-electron chi connectivity index (χ3n) is 6.26. The molecule has 0 aromatic heterocycles. The Kier molecular flexibility index (Phi) is 13.7. The minimum atomic E-state index is -8.79. The van der Waals surface area contributed by atoms with Crippen LogP contribution in [-0.2, 0) is 18.9 Å². The van der Waals surface area contributed by atoms with Crippen LogP contribution in [0.2, 0.25) is 0 Å². The second kappa shape index (κ2) is 14.3. The second-order valence-electron chi connectivity index (χ2n) is 9.41. The van der Waals surface area contributed by atoms with Gasteiger partial charge in [-0.25, -0.2) is 13.2 Å². The molecule has 0 unspecified atom stereocenters. The third kappa shape index (κ3) is 8.06. The lowest BCUT2D eigenvalue weighted by Crippen LogP contribution is -2.77. The highest BCUT2D eigenvalue weighted by atomic mass is 19.4. The highest BCUT2D eigenvalue weighted by molar-refractivity contribution is 5.10. The average Bonchev–Trinajstić information content (AvgIpc) is 2.86. The molecule has 1 N–H and O–H groups in total. The number of alkyl halides is 27. The van der Waals surface area contributed by atoms with Crippen LogP contribution in [-0.4, -0.2) is 117 Å². The van der Waals surface area contributed by atoms with Gasteiger partial charge in [0.05, 0.1) is 19.8 Å². The van der Waals surface area contributed by atoms with Gasteiger partial charge in [-0.2, -0.15) is 105 Å². The molecule has 0 radical (unpaired) electrons. The molecule has 0 saturated heterocycles. The molecule has 0 atom stereocenters. The maximum atomic E-state index is 15.5. The van der Waals surface area contributed by atoms with Crippen molar-refractivity contribution >= 4 is 0 Å². The molecule has 0 aliphatic carbocycles. The first-order valence-electron chi connectivity index (χ1n) is 11.6. The quantitative estimate of drug-likeness (QED) is 0.125. The molecule has 0 aliphatic heterocycles. The summed E-state index contributed by atoms with van der Waals surface area (Å²) in [5.41, 5.74) is -31.4. The molecule has 0 saturated carbocycles. The van der Waals surface area contributed by atoms with Gasteiger partial charge in [-0.1, -0.05) is 0 Å². The lowest BCUT2D eigenvalue weighted by molar-refractivity contribution is -0.570. The molecule has 0 aromatic carbocycles. The molecule has 51 heavy (non-hydrogen) atoms. The fraction of sp³-hybridized carbons (Fsp3) is 1.00. The summed E-state index contributed by atoms with van der Waals surface area (Å²) in [7, 11) is 0. The molecular formula is C19H13F27O5. The zero-order valence-electron chi connectivity index (χ0n) is 23.0. The van der Waals surface area contributed by atoms with E-state index in [4.69, 9.17) is 5.11 Å². The molecule has 32 heteroatoms. The van der Waals surface area contributed by atoms with Crippen LogP contribution in [0, 0.1) is 5.41 Å². The first-order chi connectivity index (χ1) is 22.1. The Labute approximate surface area is 261 Å². The van der Waals surface area contributed by atoms with E-state index in [1.807, 2.05) is 0 Å². The van der Waals surface area contributed by atoms with Crippen LogP contribution in [0.25, 0.3) is 0 Å². The topological polar surface area (TPSA) is 57.2 Å². The van der Waals surface area contributed by atoms with Crippen LogP contribution in [0.15, 0.2) is 0 Å². The van der Waals surface area contributed by atoms with Gasteiger partial charge in [-0.05, 0) is 0 Å². The molecule has 0 spiro atoms. The maximum Gasteiger partial charge on any atom is 0.429 e. The van der Waals surface area contributed by atoms with E-state index in [0.29, 0.717) is 0 Å². The predicted octanol–water partition coefficient (Wildman–Crippen LogP) is 8.31. The van der Waals surface area contributed by atoms with Gasteiger partial charge >= 0.3 is 55.4 Å². The highest BCUT2D eigenvalue weighted by Gasteiger charge is 2.92. The van der Waals surface area contributed by atoms with E-state index in [9.17, 15) is 92.2 Å². The molecule has 0 rings (SSSR count). The normalized spacial score (nSPS) is 16.2. The van der Waals surface area contributed by atoms with Gasteiger partial charge in [0.2, 0.25) is 0 Å². The fourth-order valence-electron chi connectivity index (χ4n) is 3.33. The van der Waals surface area contributed by atoms with Gasteiger partial charge in [0, 0.05) is 0 Å². The number of halogens is 27. The van der Waals surface area contributed by atoms with Crippen molar-refractivity contribution < 1.29 is 143 Å². The Hall–Kier alpha value is -2.09. The summed E-state index contributed by atoms with van der Waals surface area (Å²) in [5, 5.41) is 8.56. The molecule has 0 aliphatic rings. The van der Waals surface area contributed by atoms with Gasteiger partial charge in [-0.15, -0.1) is 0 Å².